The van der Waals surface area contributed by atoms with E-state index in [-0.39, 0.29) is 17.4 Å². The number of phenolic OH excluding ortho intramolecular Hbond substituents is 2. The van der Waals surface area contributed by atoms with Crippen LogP contribution in [0.15, 0.2) is 35.2 Å². The Morgan fingerprint density at radius 2 is 1.82 bits per heavy atom. The number of hydrogen-bond acceptors (Lipinski definition) is 7. The van der Waals surface area contributed by atoms with E-state index in [0.717, 1.165) is 73.0 Å². The molecule has 0 bridgehead atoms. The summed E-state index contributed by atoms with van der Waals surface area (Å²) in [6.45, 7) is 4.00. The molecule has 1 saturated heterocycles. The van der Waals surface area contributed by atoms with Gasteiger partial charge in [0, 0.05) is 36.7 Å². The molecule has 0 unspecified atom stereocenters. The molecule has 0 atom stereocenters. The lowest BCUT2D eigenvalue weighted by molar-refractivity contribution is -0.132. The van der Waals surface area contributed by atoms with Crippen LogP contribution in [0.2, 0.25) is 0 Å². The number of aromatic hydroxyl groups is 2. The highest BCUT2D eigenvalue weighted by Gasteiger charge is 2.24. The molecule has 2 N–H and O–H groups in total. The number of fused-ring (bicyclic) bond motifs is 1. The van der Waals surface area contributed by atoms with Crippen molar-refractivity contribution in [2.24, 2.45) is 5.92 Å². The summed E-state index contributed by atoms with van der Waals surface area (Å²) in [6, 6.07) is 9.16. The highest BCUT2D eigenvalue weighted by Crippen LogP contribution is 2.37. The van der Waals surface area contributed by atoms with Gasteiger partial charge in [0.25, 0.3) is 0 Å². The predicted octanol–water partition coefficient (Wildman–Crippen LogP) is 3.89. The van der Waals surface area contributed by atoms with E-state index >= 15 is 0 Å². The second kappa shape index (κ2) is 11.2. The van der Waals surface area contributed by atoms with Crippen LogP contribution < -0.4 is 9.47 Å². The fraction of sp³-hybridized carbons (Fsp3) is 0.500. The fourth-order valence-corrected chi connectivity index (χ4v) is 5.83. The van der Waals surface area contributed by atoms with Gasteiger partial charge < -0.3 is 29.5 Å². The van der Waals surface area contributed by atoms with Gasteiger partial charge in [0.15, 0.2) is 23.0 Å². The SMILES string of the molecule is COc1cc2c(cc1OC)SCCN(C(=O)CCN1CCC(Cc3cccc(O)c3O)CC1)C2. The number of ether oxygens (including phenoxy) is 2. The molecule has 8 heteroatoms. The topological polar surface area (TPSA) is 82.5 Å². The number of rotatable bonds is 7. The number of carbonyl (C=O) groups excluding carboxylic acids is 1. The van der Waals surface area contributed by atoms with Gasteiger partial charge in [-0.15, -0.1) is 11.8 Å². The Morgan fingerprint density at radius 3 is 2.56 bits per heavy atom. The number of thioether (sulfide) groups is 1. The summed E-state index contributed by atoms with van der Waals surface area (Å²) in [5, 5.41) is 19.8. The van der Waals surface area contributed by atoms with E-state index in [1.165, 1.54) is 6.07 Å². The second-order valence-corrected chi connectivity index (χ2v) is 10.1. The zero-order valence-electron chi connectivity index (χ0n) is 20.0. The van der Waals surface area contributed by atoms with E-state index in [2.05, 4.69) is 4.90 Å². The summed E-state index contributed by atoms with van der Waals surface area (Å²) in [5.41, 5.74) is 1.91. The van der Waals surface area contributed by atoms with Gasteiger partial charge in [-0.1, -0.05) is 12.1 Å². The maximum atomic E-state index is 13.0. The molecule has 7 nitrogen and oxygen atoms in total. The van der Waals surface area contributed by atoms with Crippen molar-refractivity contribution >= 4 is 17.7 Å². The monoisotopic (exact) mass is 486 g/mol. The number of piperidine rings is 1. The Hall–Kier alpha value is -2.58. The molecule has 1 fully saturated rings. The molecule has 2 heterocycles. The minimum atomic E-state index is -0.0550. The van der Waals surface area contributed by atoms with Crippen LogP contribution in [0.25, 0.3) is 0 Å². The van der Waals surface area contributed by atoms with E-state index < -0.39 is 0 Å². The minimum absolute atomic E-state index is 0.00350. The van der Waals surface area contributed by atoms with Crippen LogP contribution >= 0.6 is 11.8 Å². The van der Waals surface area contributed by atoms with Crippen LogP contribution in [0.3, 0.4) is 0 Å². The molecule has 2 aromatic rings. The predicted molar refractivity (Wildman–Crippen MR) is 133 cm³/mol. The Balaban J connectivity index is 1.27. The number of carbonyl (C=O) groups is 1. The van der Waals surface area contributed by atoms with Gasteiger partial charge in [0.1, 0.15) is 0 Å². The van der Waals surface area contributed by atoms with Gasteiger partial charge in [0.05, 0.1) is 14.2 Å². The summed E-state index contributed by atoms with van der Waals surface area (Å²) in [7, 11) is 3.27. The van der Waals surface area contributed by atoms with Crippen molar-refractivity contribution < 1.29 is 24.5 Å². The third-order valence-electron chi connectivity index (χ3n) is 6.86. The first-order chi connectivity index (χ1) is 16.5. The highest BCUT2D eigenvalue weighted by molar-refractivity contribution is 7.99. The van der Waals surface area contributed by atoms with Crippen LogP contribution in [-0.4, -0.2) is 72.1 Å². The molecule has 184 valence electrons. The molecule has 0 radical (unpaired) electrons. The number of likely N-dealkylation sites (tertiary alicyclic amines) is 1. The van der Waals surface area contributed by atoms with Gasteiger partial charge >= 0.3 is 0 Å². The largest absolute Gasteiger partial charge is 0.504 e. The van der Waals surface area contributed by atoms with Crippen molar-refractivity contribution in [1.82, 2.24) is 9.80 Å². The van der Waals surface area contributed by atoms with Crippen LogP contribution in [0, 0.1) is 5.92 Å². The maximum Gasteiger partial charge on any atom is 0.224 e. The zero-order valence-corrected chi connectivity index (χ0v) is 20.8. The van der Waals surface area contributed by atoms with Crippen molar-refractivity contribution in [1.29, 1.82) is 0 Å². The van der Waals surface area contributed by atoms with Crippen LogP contribution in [0.5, 0.6) is 23.0 Å². The van der Waals surface area contributed by atoms with E-state index in [9.17, 15) is 15.0 Å². The number of para-hydroxylation sites is 1. The van der Waals surface area contributed by atoms with E-state index in [1.54, 1.807) is 32.0 Å². The lowest BCUT2D eigenvalue weighted by atomic mass is 9.89. The van der Waals surface area contributed by atoms with E-state index in [4.69, 9.17) is 9.47 Å². The standard InChI is InChI=1S/C26H34N2O5S/c1-32-22-15-20-17-28(12-13-34-24(20)16-23(22)33-2)25(30)8-11-27-9-6-18(7-10-27)14-19-4-3-5-21(29)26(19)31/h3-5,15-16,18,29,31H,6-14,17H2,1-2H3. The van der Waals surface area contributed by atoms with Gasteiger partial charge in [-0.25, -0.2) is 0 Å². The molecule has 34 heavy (non-hydrogen) atoms. The van der Waals surface area contributed by atoms with Gasteiger partial charge in [0.2, 0.25) is 5.91 Å². The quantitative estimate of drug-likeness (QED) is 0.575. The summed E-state index contributed by atoms with van der Waals surface area (Å²) in [5.74, 6) is 2.89. The maximum absolute atomic E-state index is 13.0. The molecular weight excluding hydrogens is 452 g/mol. The van der Waals surface area contributed by atoms with Crippen LogP contribution in [0.4, 0.5) is 0 Å². The molecule has 1 amide bonds. The number of methoxy groups -OCH3 is 2. The molecular formula is C26H34N2O5S. The molecule has 0 saturated carbocycles. The lowest BCUT2D eigenvalue weighted by Gasteiger charge is -2.32. The van der Waals surface area contributed by atoms with E-state index in [1.807, 2.05) is 23.1 Å². The highest BCUT2D eigenvalue weighted by atomic mass is 32.2. The molecule has 2 aliphatic rings. The Kier molecular flexibility index (Phi) is 8.11. The third-order valence-corrected chi connectivity index (χ3v) is 7.93. The molecule has 0 spiro atoms. The fourth-order valence-electron chi connectivity index (χ4n) is 4.80. The molecule has 0 aromatic heterocycles. The van der Waals surface area contributed by atoms with E-state index in [0.29, 0.717) is 24.6 Å². The lowest BCUT2D eigenvalue weighted by Crippen LogP contribution is -2.38. The van der Waals surface area contributed by atoms with Gasteiger partial charge in [-0.2, -0.15) is 0 Å². The van der Waals surface area contributed by atoms with Crippen LogP contribution in [-0.2, 0) is 17.8 Å². The first-order valence-corrected chi connectivity index (χ1v) is 12.8. The summed E-state index contributed by atoms with van der Waals surface area (Å²) < 4.78 is 10.9. The smallest absolute Gasteiger partial charge is 0.224 e. The number of benzene rings is 2. The van der Waals surface area contributed by atoms with Gasteiger partial charge in [-0.05, 0) is 67.6 Å². The summed E-state index contributed by atoms with van der Waals surface area (Å²) >= 11 is 1.75. The normalized spacial score (nSPS) is 17.2. The number of amides is 1. The Labute approximate surface area is 205 Å². The number of nitrogens with zero attached hydrogens (tertiary/aromatic N) is 2. The first kappa shape index (κ1) is 24.5. The second-order valence-electron chi connectivity index (χ2n) is 9.00. The molecule has 0 aliphatic carbocycles. The van der Waals surface area contributed by atoms with Gasteiger partial charge in [-0.3, -0.25) is 4.79 Å². The van der Waals surface area contributed by atoms with Crippen molar-refractivity contribution in [3.8, 4) is 23.0 Å². The Morgan fingerprint density at radius 1 is 1.09 bits per heavy atom. The first-order valence-electron chi connectivity index (χ1n) is 11.9. The van der Waals surface area contributed by atoms with Crippen molar-refractivity contribution in [3.05, 3.63) is 41.5 Å². The third kappa shape index (κ3) is 5.73. The number of phenols is 2. The zero-order chi connectivity index (χ0) is 24.1. The van der Waals surface area contributed by atoms with Crippen molar-refractivity contribution in [2.75, 3.05) is 46.2 Å². The number of hydrogen-bond donors (Lipinski definition) is 2. The van der Waals surface area contributed by atoms with Crippen molar-refractivity contribution in [3.63, 3.8) is 0 Å². The summed E-state index contributed by atoms with van der Waals surface area (Å²) in [4.78, 5) is 18.5. The minimum Gasteiger partial charge on any atom is -0.504 e. The van der Waals surface area contributed by atoms with Crippen molar-refractivity contribution in [2.45, 2.75) is 37.1 Å². The summed E-state index contributed by atoms with van der Waals surface area (Å²) in [6.07, 6.45) is 3.34. The van der Waals surface area contributed by atoms with Crippen LogP contribution in [0.1, 0.15) is 30.4 Å². The average Bonchev–Trinajstić information content (AvgIpc) is 3.07. The molecule has 2 aromatic carbocycles. The molecule has 4 rings (SSSR count). The molecule has 2 aliphatic heterocycles. The average molecular weight is 487 g/mol. The Bertz CT molecular complexity index is 1010.